The molecule has 1 aromatic rings. The SMILES string of the molecule is COc1cc(C=CC(=O)OCC(Cl)(Cl)Cl)cc(OC)c1O[C@@H]1O[C@H](CO)[C@@H](O)[C@H](O)[C@H]1O. The van der Waals surface area contributed by atoms with E-state index in [4.69, 9.17) is 58.5 Å². The number of carbonyl (C=O) groups is 1. The highest BCUT2D eigenvalue weighted by Crippen LogP contribution is 2.41. The number of carbonyl (C=O) groups excluding carboxylic acids is 1. The number of aliphatic hydroxyl groups excluding tert-OH is 4. The molecule has 32 heavy (non-hydrogen) atoms. The average molecular weight is 518 g/mol. The van der Waals surface area contributed by atoms with E-state index in [-0.39, 0.29) is 17.2 Å². The first kappa shape index (κ1) is 26.7. The van der Waals surface area contributed by atoms with Gasteiger partial charge in [-0.25, -0.2) is 4.79 Å². The van der Waals surface area contributed by atoms with Crippen LogP contribution in [0.25, 0.3) is 6.08 Å². The molecule has 1 aliphatic heterocycles. The summed E-state index contributed by atoms with van der Waals surface area (Å²) >= 11 is 16.6. The molecule has 1 fully saturated rings. The van der Waals surface area contributed by atoms with Gasteiger partial charge in [-0.2, -0.15) is 0 Å². The third-order valence-electron chi connectivity index (χ3n) is 4.36. The van der Waals surface area contributed by atoms with Gasteiger partial charge in [-0.15, -0.1) is 0 Å². The fourth-order valence-corrected chi connectivity index (χ4v) is 2.92. The van der Waals surface area contributed by atoms with E-state index in [0.29, 0.717) is 5.56 Å². The molecule has 0 saturated carbocycles. The van der Waals surface area contributed by atoms with E-state index < -0.39 is 53.7 Å². The molecule has 1 aliphatic rings. The van der Waals surface area contributed by atoms with Crippen LogP contribution in [0.3, 0.4) is 0 Å². The number of benzene rings is 1. The maximum Gasteiger partial charge on any atom is 0.330 e. The molecule has 0 amide bonds. The van der Waals surface area contributed by atoms with Gasteiger partial charge in [-0.3, -0.25) is 0 Å². The number of aliphatic hydroxyl groups is 4. The maximum absolute atomic E-state index is 11.8. The van der Waals surface area contributed by atoms with E-state index in [1.807, 2.05) is 0 Å². The van der Waals surface area contributed by atoms with Crippen molar-refractivity contribution in [2.75, 3.05) is 27.4 Å². The van der Waals surface area contributed by atoms with Crippen molar-refractivity contribution in [1.82, 2.24) is 0 Å². The minimum absolute atomic E-state index is 0.00950. The van der Waals surface area contributed by atoms with Gasteiger partial charge in [0.1, 0.15) is 31.0 Å². The number of ether oxygens (including phenoxy) is 5. The zero-order valence-corrected chi connectivity index (χ0v) is 19.3. The minimum Gasteiger partial charge on any atom is -0.493 e. The van der Waals surface area contributed by atoms with E-state index in [2.05, 4.69) is 0 Å². The molecule has 0 aliphatic carbocycles. The smallest absolute Gasteiger partial charge is 0.330 e. The van der Waals surface area contributed by atoms with Crippen molar-refractivity contribution in [2.24, 2.45) is 0 Å². The highest BCUT2D eigenvalue weighted by atomic mass is 35.6. The molecule has 0 unspecified atom stereocenters. The quantitative estimate of drug-likeness (QED) is 0.222. The van der Waals surface area contributed by atoms with Crippen molar-refractivity contribution in [3.63, 3.8) is 0 Å². The Hall–Kier alpha value is -1.50. The number of rotatable bonds is 8. The number of esters is 1. The van der Waals surface area contributed by atoms with Crippen LogP contribution >= 0.6 is 34.8 Å². The molecule has 5 atom stereocenters. The van der Waals surface area contributed by atoms with E-state index in [0.717, 1.165) is 6.08 Å². The van der Waals surface area contributed by atoms with Crippen LogP contribution in [-0.4, -0.2) is 88.3 Å². The van der Waals surface area contributed by atoms with Gasteiger partial charge in [0.25, 0.3) is 0 Å². The average Bonchev–Trinajstić information content (AvgIpc) is 2.76. The summed E-state index contributed by atoms with van der Waals surface area (Å²) in [5, 5.41) is 39.4. The summed E-state index contributed by atoms with van der Waals surface area (Å²) in [6.45, 7) is -1.05. The molecule has 10 nitrogen and oxygen atoms in total. The molecule has 1 aromatic carbocycles. The van der Waals surface area contributed by atoms with E-state index in [9.17, 15) is 25.2 Å². The Bertz CT molecular complexity index is 786. The molecule has 0 spiro atoms. The topological polar surface area (TPSA) is 144 Å². The molecule has 0 radical (unpaired) electrons. The van der Waals surface area contributed by atoms with Gasteiger partial charge in [0, 0.05) is 6.08 Å². The van der Waals surface area contributed by atoms with Gasteiger partial charge in [0.2, 0.25) is 15.8 Å². The Balaban J connectivity index is 2.24. The summed E-state index contributed by atoms with van der Waals surface area (Å²) in [5.74, 6) is -0.475. The second-order valence-electron chi connectivity index (χ2n) is 6.63. The highest BCUT2D eigenvalue weighted by Gasteiger charge is 2.45. The monoisotopic (exact) mass is 516 g/mol. The zero-order chi connectivity index (χ0) is 24.1. The summed E-state index contributed by atoms with van der Waals surface area (Å²) in [6, 6.07) is 2.97. The molecule has 0 aromatic heterocycles. The first-order chi connectivity index (χ1) is 15.0. The first-order valence-corrected chi connectivity index (χ1v) is 10.3. The summed E-state index contributed by atoms with van der Waals surface area (Å²) < 4.78 is 24.7. The molecule has 0 bridgehead atoms. The number of alkyl halides is 3. The largest absolute Gasteiger partial charge is 0.493 e. The molecule has 4 N–H and O–H groups in total. The van der Waals surface area contributed by atoms with Crippen LogP contribution < -0.4 is 14.2 Å². The maximum atomic E-state index is 11.8. The predicted octanol–water partition coefficient (Wildman–Crippen LogP) is 0.809. The van der Waals surface area contributed by atoms with Crippen LogP contribution in [0.2, 0.25) is 0 Å². The lowest BCUT2D eigenvalue weighted by Gasteiger charge is -2.39. The van der Waals surface area contributed by atoms with Gasteiger partial charge in [0.15, 0.2) is 11.5 Å². The lowest BCUT2D eigenvalue weighted by molar-refractivity contribution is -0.277. The van der Waals surface area contributed by atoms with Crippen LogP contribution in [0, 0.1) is 0 Å². The standard InChI is InChI=1S/C19H23Cl3O10/c1-28-10-5-9(3-4-13(24)30-8-19(20,21)22)6-11(29-2)17(10)32-18-16(27)15(26)14(25)12(7-23)31-18/h3-6,12,14-16,18,23,25-27H,7-8H2,1-2H3/t12-,14-,15+,16-,18+/m1/s1. The zero-order valence-electron chi connectivity index (χ0n) is 17.0. The van der Waals surface area contributed by atoms with E-state index >= 15 is 0 Å². The summed E-state index contributed by atoms with van der Waals surface area (Å²) in [5.41, 5.74) is 0.450. The van der Waals surface area contributed by atoms with Crippen LogP contribution in [0.15, 0.2) is 18.2 Å². The molecule has 2 rings (SSSR count). The first-order valence-electron chi connectivity index (χ1n) is 9.15. The molecular weight excluding hydrogens is 495 g/mol. The third-order valence-corrected chi connectivity index (χ3v) is 4.68. The highest BCUT2D eigenvalue weighted by molar-refractivity contribution is 6.67. The molecule has 13 heteroatoms. The summed E-state index contributed by atoms with van der Waals surface area (Å²) in [6.07, 6.45) is -4.90. The van der Waals surface area contributed by atoms with Crippen LogP contribution in [-0.2, 0) is 14.3 Å². The van der Waals surface area contributed by atoms with E-state index in [1.165, 1.54) is 32.4 Å². The predicted molar refractivity (Wildman–Crippen MR) is 114 cm³/mol. The Kier molecular flexibility index (Phi) is 9.68. The van der Waals surface area contributed by atoms with Crippen molar-refractivity contribution in [3.05, 3.63) is 23.8 Å². The fraction of sp³-hybridized carbons (Fsp3) is 0.526. The van der Waals surface area contributed by atoms with Gasteiger partial charge in [0.05, 0.1) is 20.8 Å². The summed E-state index contributed by atoms with van der Waals surface area (Å²) in [4.78, 5) is 11.8. The second-order valence-corrected chi connectivity index (χ2v) is 9.14. The number of hydrogen-bond acceptors (Lipinski definition) is 10. The number of halogens is 3. The van der Waals surface area contributed by atoms with Crippen molar-refractivity contribution >= 4 is 46.8 Å². The lowest BCUT2D eigenvalue weighted by Crippen LogP contribution is -2.60. The van der Waals surface area contributed by atoms with E-state index in [1.54, 1.807) is 0 Å². The Morgan fingerprint density at radius 2 is 1.69 bits per heavy atom. The van der Waals surface area contributed by atoms with Gasteiger partial charge in [-0.1, -0.05) is 34.8 Å². The lowest BCUT2D eigenvalue weighted by atomic mass is 9.99. The molecule has 180 valence electrons. The third kappa shape index (κ3) is 7.00. The normalized spacial score (nSPS) is 26.1. The van der Waals surface area contributed by atoms with Gasteiger partial charge >= 0.3 is 5.97 Å². The van der Waals surface area contributed by atoms with Gasteiger partial charge < -0.3 is 44.1 Å². The fourth-order valence-electron chi connectivity index (χ4n) is 2.76. The molecule has 1 heterocycles. The Morgan fingerprint density at radius 1 is 1.09 bits per heavy atom. The van der Waals surface area contributed by atoms with Crippen molar-refractivity contribution in [2.45, 2.75) is 34.5 Å². The second kappa shape index (κ2) is 11.6. The number of hydrogen-bond donors (Lipinski definition) is 4. The van der Waals surface area contributed by atoms with Crippen LogP contribution in [0.4, 0.5) is 0 Å². The van der Waals surface area contributed by atoms with Gasteiger partial charge in [-0.05, 0) is 23.8 Å². The number of methoxy groups -OCH3 is 2. The van der Waals surface area contributed by atoms with Crippen LogP contribution in [0.5, 0.6) is 17.2 Å². The van der Waals surface area contributed by atoms with Crippen LogP contribution in [0.1, 0.15) is 5.56 Å². The molecular formula is C19H23Cl3O10. The van der Waals surface area contributed by atoms with Crippen molar-refractivity contribution in [1.29, 1.82) is 0 Å². The van der Waals surface area contributed by atoms with Crippen molar-refractivity contribution < 1.29 is 48.9 Å². The Morgan fingerprint density at radius 3 is 2.19 bits per heavy atom. The minimum atomic E-state index is -1.74. The summed E-state index contributed by atoms with van der Waals surface area (Å²) in [7, 11) is 2.69. The molecule has 1 saturated heterocycles. The van der Waals surface area contributed by atoms with Crippen molar-refractivity contribution in [3.8, 4) is 17.2 Å². The Labute approximate surface area is 198 Å².